The van der Waals surface area contributed by atoms with Crippen molar-refractivity contribution in [2.24, 2.45) is 11.7 Å². The summed E-state index contributed by atoms with van der Waals surface area (Å²) in [5.41, 5.74) is 6.34. The molecule has 0 radical (unpaired) electrons. The Morgan fingerprint density at radius 2 is 1.86 bits per heavy atom. The van der Waals surface area contributed by atoms with Crippen LogP contribution in [0.4, 0.5) is 0 Å². The molecule has 1 aromatic heterocycles. The molecule has 4 atom stereocenters. The largest absolute Gasteiger partial charge is 0.481 e. The van der Waals surface area contributed by atoms with Gasteiger partial charge in [-0.05, 0) is 31.6 Å². The van der Waals surface area contributed by atoms with Crippen LogP contribution in [0.5, 0.6) is 0 Å². The number of aromatic amines is 1. The lowest BCUT2D eigenvalue weighted by molar-refractivity contribution is -0.149. The number of aliphatic carboxylic acids is 2. The van der Waals surface area contributed by atoms with Crippen molar-refractivity contribution < 1.29 is 34.2 Å². The molecule has 4 unspecified atom stereocenters. The second-order valence-corrected chi connectivity index (χ2v) is 9.10. The highest BCUT2D eigenvalue weighted by Gasteiger charge is 2.38. The minimum Gasteiger partial charge on any atom is -0.481 e. The van der Waals surface area contributed by atoms with Crippen LogP contribution in [-0.4, -0.2) is 85.5 Å². The number of carboxylic acids is 2. The highest BCUT2D eigenvalue weighted by Crippen LogP contribution is 2.19. The molecular weight excluding hydrogens is 460 g/mol. The van der Waals surface area contributed by atoms with Gasteiger partial charge in [0.15, 0.2) is 0 Å². The summed E-state index contributed by atoms with van der Waals surface area (Å²) in [6.45, 7) is 3.97. The molecule has 1 aliphatic heterocycles. The van der Waals surface area contributed by atoms with Crippen LogP contribution in [0.15, 0.2) is 12.5 Å². The van der Waals surface area contributed by atoms with E-state index < -0.39 is 53.8 Å². The van der Waals surface area contributed by atoms with Gasteiger partial charge in [0, 0.05) is 31.3 Å². The van der Waals surface area contributed by atoms with Crippen LogP contribution in [0.2, 0.25) is 0 Å². The molecule has 2 rings (SSSR count). The van der Waals surface area contributed by atoms with E-state index in [0.717, 1.165) is 0 Å². The van der Waals surface area contributed by atoms with E-state index in [1.807, 2.05) is 13.8 Å². The van der Waals surface area contributed by atoms with Gasteiger partial charge in [-0.2, -0.15) is 0 Å². The number of nitrogens with two attached hydrogens (primary N) is 1. The Labute approximate surface area is 202 Å². The Balaban J connectivity index is 2.18. The summed E-state index contributed by atoms with van der Waals surface area (Å²) in [6, 6.07) is -4.20. The van der Waals surface area contributed by atoms with E-state index in [4.69, 9.17) is 10.8 Å². The van der Waals surface area contributed by atoms with E-state index in [2.05, 4.69) is 20.6 Å². The van der Waals surface area contributed by atoms with Crippen molar-refractivity contribution in [3.8, 4) is 0 Å². The van der Waals surface area contributed by atoms with Crippen molar-refractivity contribution in [3.05, 3.63) is 18.2 Å². The fourth-order valence-corrected chi connectivity index (χ4v) is 3.97. The first-order chi connectivity index (χ1) is 16.5. The number of carbonyl (C=O) groups excluding carboxylic acids is 3. The molecule has 1 saturated heterocycles. The van der Waals surface area contributed by atoms with E-state index in [1.165, 1.54) is 17.4 Å². The van der Waals surface area contributed by atoms with Crippen molar-refractivity contribution in [2.75, 3.05) is 6.54 Å². The number of hydrogen-bond donors (Lipinski definition) is 6. The van der Waals surface area contributed by atoms with Crippen LogP contribution >= 0.6 is 0 Å². The van der Waals surface area contributed by atoms with Gasteiger partial charge in [0.1, 0.15) is 18.1 Å². The predicted octanol–water partition coefficient (Wildman–Crippen LogP) is -0.764. The molecule has 13 heteroatoms. The third-order valence-corrected chi connectivity index (χ3v) is 5.76. The van der Waals surface area contributed by atoms with Crippen LogP contribution in [0.1, 0.15) is 51.6 Å². The fraction of sp³-hybridized carbons (Fsp3) is 0.636. The SMILES string of the molecule is CC(C)CC(NC(=O)C(N)CCC(=O)O)C(=O)NC(Cc1cnc[nH]1)C(=O)N1CCCC1C(=O)O. The topological polar surface area (TPSA) is 208 Å². The molecule has 1 fully saturated rings. The van der Waals surface area contributed by atoms with Crippen molar-refractivity contribution in [1.82, 2.24) is 25.5 Å². The number of rotatable bonds is 13. The quantitative estimate of drug-likeness (QED) is 0.203. The molecule has 0 aliphatic carbocycles. The van der Waals surface area contributed by atoms with Gasteiger partial charge < -0.3 is 36.5 Å². The molecule has 2 heterocycles. The smallest absolute Gasteiger partial charge is 0.326 e. The number of nitrogens with one attached hydrogen (secondary N) is 3. The monoisotopic (exact) mass is 494 g/mol. The van der Waals surface area contributed by atoms with Crippen LogP contribution in [0, 0.1) is 5.92 Å². The molecule has 0 bridgehead atoms. The number of carbonyl (C=O) groups is 5. The normalized spacial score (nSPS) is 18.1. The fourth-order valence-electron chi connectivity index (χ4n) is 3.97. The minimum atomic E-state index is -1.11. The summed E-state index contributed by atoms with van der Waals surface area (Å²) in [4.78, 5) is 69.4. The highest BCUT2D eigenvalue weighted by molar-refractivity contribution is 5.94. The molecule has 35 heavy (non-hydrogen) atoms. The maximum Gasteiger partial charge on any atom is 0.326 e. The van der Waals surface area contributed by atoms with Gasteiger partial charge in [0.05, 0.1) is 12.4 Å². The number of carboxylic acid groups (broad SMARTS) is 2. The van der Waals surface area contributed by atoms with E-state index in [0.29, 0.717) is 18.5 Å². The van der Waals surface area contributed by atoms with Gasteiger partial charge in [-0.15, -0.1) is 0 Å². The predicted molar refractivity (Wildman–Crippen MR) is 123 cm³/mol. The Kier molecular flexibility index (Phi) is 10.2. The maximum atomic E-state index is 13.3. The number of H-pyrrole nitrogens is 1. The summed E-state index contributed by atoms with van der Waals surface area (Å²) in [5.74, 6) is -4.03. The summed E-state index contributed by atoms with van der Waals surface area (Å²) in [6.07, 6.45) is 3.69. The minimum absolute atomic E-state index is 0.00183. The lowest BCUT2D eigenvalue weighted by atomic mass is 10.0. The van der Waals surface area contributed by atoms with Gasteiger partial charge in [0.2, 0.25) is 17.7 Å². The van der Waals surface area contributed by atoms with Gasteiger partial charge in [-0.25, -0.2) is 9.78 Å². The zero-order valence-electron chi connectivity index (χ0n) is 19.9. The van der Waals surface area contributed by atoms with Crippen molar-refractivity contribution in [3.63, 3.8) is 0 Å². The third-order valence-electron chi connectivity index (χ3n) is 5.76. The summed E-state index contributed by atoms with van der Waals surface area (Å²) in [5, 5.41) is 23.5. The number of aromatic nitrogens is 2. The maximum absolute atomic E-state index is 13.3. The first-order valence-corrected chi connectivity index (χ1v) is 11.6. The van der Waals surface area contributed by atoms with Crippen molar-refractivity contribution in [1.29, 1.82) is 0 Å². The van der Waals surface area contributed by atoms with E-state index in [9.17, 15) is 29.1 Å². The zero-order valence-corrected chi connectivity index (χ0v) is 19.9. The molecule has 13 nitrogen and oxygen atoms in total. The van der Waals surface area contributed by atoms with Crippen molar-refractivity contribution in [2.45, 2.75) is 76.5 Å². The molecule has 0 saturated carbocycles. The molecule has 1 aliphatic rings. The average molecular weight is 495 g/mol. The molecule has 1 aromatic rings. The molecule has 7 N–H and O–H groups in total. The first-order valence-electron chi connectivity index (χ1n) is 11.6. The van der Waals surface area contributed by atoms with Crippen LogP contribution in [-0.2, 0) is 30.4 Å². The Morgan fingerprint density at radius 3 is 2.43 bits per heavy atom. The van der Waals surface area contributed by atoms with Gasteiger partial charge in [-0.3, -0.25) is 19.2 Å². The zero-order chi connectivity index (χ0) is 26.1. The lowest BCUT2D eigenvalue weighted by Crippen LogP contribution is -2.58. The summed E-state index contributed by atoms with van der Waals surface area (Å²) in [7, 11) is 0. The molecule has 194 valence electrons. The average Bonchev–Trinajstić information content (AvgIpc) is 3.47. The Hall–Kier alpha value is -3.48. The standard InChI is InChI=1S/C22H34N6O7/c1-12(2)8-15(26-19(31)14(23)5-6-18(29)30)20(32)27-16(9-13-10-24-11-25-13)21(33)28-7-3-4-17(28)22(34)35/h10-12,14-17H,3-9,23H2,1-2H3,(H,24,25)(H,26,31)(H,27,32)(H,29,30)(H,34,35). The highest BCUT2D eigenvalue weighted by atomic mass is 16.4. The van der Waals surface area contributed by atoms with E-state index >= 15 is 0 Å². The van der Waals surface area contributed by atoms with Crippen LogP contribution < -0.4 is 16.4 Å². The van der Waals surface area contributed by atoms with E-state index in [1.54, 1.807) is 0 Å². The Morgan fingerprint density at radius 1 is 1.17 bits per heavy atom. The molecule has 0 spiro atoms. The van der Waals surface area contributed by atoms with Crippen molar-refractivity contribution >= 4 is 29.7 Å². The molecular formula is C22H34N6O7. The van der Waals surface area contributed by atoms with Crippen LogP contribution in [0.25, 0.3) is 0 Å². The summed E-state index contributed by atoms with van der Waals surface area (Å²) < 4.78 is 0. The van der Waals surface area contributed by atoms with Gasteiger partial charge >= 0.3 is 11.9 Å². The Bertz CT molecular complexity index is 904. The number of amides is 3. The van der Waals surface area contributed by atoms with Gasteiger partial charge in [0.25, 0.3) is 0 Å². The number of hydrogen-bond acceptors (Lipinski definition) is 7. The number of imidazole rings is 1. The lowest BCUT2D eigenvalue weighted by Gasteiger charge is -2.29. The second-order valence-electron chi connectivity index (χ2n) is 9.10. The van der Waals surface area contributed by atoms with Gasteiger partial charge in [-0.1, -0.05) is 13.8 Å². The van der Waals surface area contributed by atoms with E-state index in [-0.39, 0.29) is 38.1 Å². The molecule has 0 aromatic carbocycles. The number of nitrogens with zero attached hydrogens (tertiary/aromatic N) is 2. The summed E-state index contributed by atoms with van der Waals surface area (Å²) >= 11 is 0. The third kappa shape index (κ3) is 8.35. The second kappa shape index (κ2) is 12.8. The van der Waals surface area contributed by atoms with Crippen LogP contribution in [0.3, 0.4) is 0 Å². The number of likely N-dealkylation sites (tertiary alicyclic amines) is 1. The molecule has 3 amide bonds. The first kappa shape index (κ1) is 27.8.